The van der Waals surface area contributed by atoms with Crippen LogP contribution in [-0.2, 0) is 9.59 Å². The normalized spacial score (nSPS) is 19.9. The Bertz CT molecular complexity index is 838. The minimum absolute atomic E-state index is 0.0119. The summed E-state index contributed by atoms with van der Waals surface area (Å²) in [5, 5.41) is 1.39. The molecule has 2 amide bonds. The molecule has 7 nitrogen and oxygen atoms in total. The van der Waals surface area contributed by atoms with E-state index in [0.717, 1.165) is 18.4 Å². The minimum Gasteiger partial charge on any atom is -0.329 e. The molecular weight excluding hydrogens is 330 g/mol. The molecule has 1 saturated heterocycles. The van der Waals surface area contributed by atoms with E-state index in [4.69, 9.17) is 0 Å². The molecule has 2 aliphatic heterocycles. The first-order chi connectivity index (χ1) is 12.7. The fourth-order valence-corrected chi connectivity index (χ4v) is 3.40. The van der Waals surface area contributed by atoms with E-state index in [9.17, 15) is 9.59 Å². The third-order valence-electron chi connectivity index (χ3n) is 4.66. The van der Waals surface area contributed by atoms with Gasteiger partial charge in [-0.25, -0.2) is 5.01 Å². The summed E-state index contributed by atoms with van der Waals surface area (Å²) in [5.74, 6) is -0.174. The van der Waals surface area contributed by atoms with Crippen molar-refractivity contribution in [3.8, 4) is 0 Å². The van der Waals surface area contributed by atoms with Gasteiger partial charge in [-0.1, -0.05) is 18.2 Å². The third kappa shape index (κ3) is 3.03. The van der Waals surface area contributed by atoms with Crippen molar-refractivity contribution in [1.29, 1.82) is 0 Å². The number of likely N-dealkylation sites (tertiary alicyclic amines) is 1. The molecule has 2 aliphatic rings. The van der Waals surface area contributed by atoms with Gasteiger partial charge in [-0.2, -0.15) is 0 Å². The van der Waals surface area contributed by atoms with E-state index in [2.05, 4.69) is 15.4 Å². The number of carbonyl (C=O) groups is 2. The Morgan fingerprint density at radius 1 is 1.12 bits per heavy atom. The van der Waals surface area contributed by atoms with Gasteiger partial charge in [-0.05, 0) is 42.7 Å². The fraction of sp³-hybridized carbons (Fsp3) is 0.263. The average Bonchev–Trinajstić information content (AvgIpc) is 3.19. The van der Waals surface area contributed by atoms with Crippen molar-refractivity contribution in [3.63, 3.8) is 0 Å². The summed E-state index contributed by atoms with van der Waals surface area (Å²) >= 11 is 0. The average molecular weight is 349 g/mol. The van der Waals surface area contributed by atoms with E-state index in [1.807, 2.05) is 47.4 Å². The second-order valence-electron chi connectivity index (χ2n) is 6.28. The Labute approximate surface area is 151 Å². The van der Waals surface area contributed by atoms with Crippen molar-refractivity contribution in [2.45, 2.75) is 18.9 Å². The van der Waals surface area contributed by atoms with E-state index in [0.29, 0.717) is 12.2 Å². The number of amides is 2. The van der Waals surface area contributed by atoms with Gasteiger partial charge >= 0.3 is 0 Å². The van der Waals surface area contributed by atoms with Crippen LogP contribution in [0.5, 0.6) is 0 Å². The minimum atomic E-state index is -0.195. The molecule has 0 spiro atoms. The number of rotatable bonds is 3. The number of amidine groups is 1. The van der Waals surface area contributed by atoms with Crippen LogP contribution in [0.15, 0.2) is 59.9 Å². The highest BCUT2D eigenvalue weighted by molar-refractivity contribution is 6.39. The van der Waals surface area contributed by atoms with E-state index < -0.39 is 0 Å². The molecule has 0 radical (unpaired) electrons. The molecule has 1 fully saturated rings. The Balaban J connectivity index is 1.55. The summed E-state index contributed by atoms with van der Waals surface area (Å²) in [7, 11) is 0. The Hall–Kier alpha value is -3.22. The van der Waals surface area contributed by atoms with Gasteiger partial charge in [0.15, 0.2) is 0 Å². The van der Waals surface area contributed by atoms with Crippen LogP contribution in [0.25, 0.3) is 0 Å². The first kappa shape index (κ1) is 16.3. The second-order valence-corrected chi connectivity index (χ2v) is 6.28. The van der Waals surface area contributed by atoms with Crippen molar-refractivity contribution in [3.05, 3.63) is 60.4 Å². The van der Waals surface area contributed by atoms with E-state index in [1.54, 1.807) is 12.4 Å². The number of hydrazine groups is 1. The standard InChI is InChI=1S/C19H19N5O2/c25-17-13-21-18(22-24(17)15-5-2-1-3-6-15)19(26)23-12-4-7-16(23)14-8-10-20-11-9-14/h1-3,5-6,8-11,16H,4,7,12-13H2,(H,21,22)/t16-/m1/s1. The van der Waals surface area contributed by atoms with Gasteiger partial charge in [0, 0.05) is 18.9 Å². The maximum absolute atomic E-state index is 13.0. The van der Waals surface area contributed by atoms with Crippen LogP contribution in [0.2, 0.25) is 0 Å². The number of carbonyl (C=O) groups excluding carboxylic acids is 2. The molecule has 2 aromatic rings. The van der Waals surface area contributed by atoms with Crippen molar-refractivity contribution in [1.82, 2.24) is 15.3 Å². The predicted octanol–water partition coefficient (Wildman–Crippen LogP) is 1.69. The topological polar surface area (TPSA) is 77.9 Å². The first-order valence-corrected chi connectivity index (χ1v) is 8.64. The van der Waals surface area contributed by atoms with Crippen LogP contribution in [0.1, 0.15) is 24.4 Å². The molecule has 1 aromatic heterocycles. The van der Waals surface area contributed by atoms with Gasteiger partial charge in [0.2, 0.25) is 5.84 Å². The number of para-hydroxylation sites is 1. The zero-order valence-electron chi connectivity index (χ0n) is 14.2. The van der Waals surface area contributed by atoms with Crippen molar-refractivity contribution in [2.24, 2.45) is 4.99 Å². The van der Waals surface area contributed by atoms with Crippen molar-refractivity contribution in [2.75, 3.05) is 18.1 Å². The van der Waals surface area contributed by atoms with Crippen LogP contribution >= 0.6 is 0 Å². The van der Waals surface area contributed by atoms with Crippen LogP contribution in [0, 0.1) is 0 Å². The molecule has 0 unspecified atom stereocenters. The molecule has 7 heteroatoms. The Morgan fingerprint density at radius 2 is 1.88 bits per heavy atom. The van der Waals surface area contributed by atoms with Crippen molar-refractivity contribution >= 4 is 23.3 Å². The quantitative estimate of drug-likeness (QED) is 0.915. The lowest BCUT2D eigenvalue weighted by molar-refractivity contribution is -0.125. The first-order valence-electron chi connectivity index (χ1n) is 8.64. The van der Waals surface area contributed by atoms with Crippen molar-refractivity contribution < 1.29 is 9.59 Å². The summed E-state index contributed by atoms with van der Waals surface area (Å²) < 4.78 is 0. The predicted molar refractivity (Wildman–Crippen MR) is 97.3 cm³/mol. The summed E-state index contributed by atoms with van der Waals surface area (Å²) in [4.78, 5) is 35.3. The maximum Gasteiger partial charge on any atom is 0.291 e. The van der Waals surface area contributed by atoms with E-state index in [-0.39, 0.29) is 30.2 Å². The third-order valence-corrected chi connectivity index (χ3v) is 4.66. The number of pyridine rings is 1. The second kappa shape index (κ2) is 6.95. The lowest BCUT2D eigenvalue weighted by Gasteiger charge is -2.31. The zero-order chi connectivity index (χ0) is 17.9. The molecule has 0 bridgehead atoms. The maximum atomic E-state index is 13.0. The number of benzene rings is 1. The molecule has 0 saturated carbocycles. The van der Waals surface area contributed by atoms with Crippen LogP contribution < -0.4 is 10.4 Å². The molecular formula is C19H19N5O2. The number of aromatic nitrogens is 1. The van der Waals surface area contributed by atoms with Gasteiger partial charge < -0.3 is 4.90 Å². The molecule has 1 N–H and O–H groups in total. The zero-order valence-corrected chi connectivity index (χ0v) is 14.2. The molecule has 0 aliphatic carbocycles. The number of hydrogen-bond donors (Lipinski definition) is 1. The number of hydrogen-bond acceptors (Lipinski definition) is 5. The monoisotopic (exact) mass is 349 g/mol. The summed E-state index contributed by atoms with van der Waals surface area (Å²) in [6.45, 7) is 0.628. The smallest absolute Gasteiger partial charge is 0.291 e. The van der Waals surface area contributed by atoms with Crippen LogP contribution in [-0.4, -0.2) is 40.6 Å². The lowest BCUT2D eigenvalue weighted by atomic mass is 10.1. The number of aliphatic imine (C=N–C) groups is 1. The summed E-state index contributed by atoms with van der Waals surface area (Å²) in [6, 6.07) is 13.1. The van der Waals surface area contributed by atoms with E-state index in [1.165, 1.54) is 5.01 Å². The molecule has 1 atom stereocenters. The molecule has 26 heavy (non-hydrogen) atoms. The van der Waals surface area contributed by atoms with Gasteiger partial charge in [0.05, 0.1) is 11.7 Å². The molecule has 132 valence electrons. The molecule has 4 rings (SSSR count). The van der Waals surface area contributed by atoms with Crippen LogP contribution in [0.4, 0.5) is 5.69 Å². The highest BCUT2D eigenvalue weighted by Gasteiger charge is 2.35. The number of nitrogens with one attached hydrogen (secondary N) is 1. The van der Waals surface area contributed by atoms with Gasteiger partial charge in [-0.3, -0.25) is 25.0 Å². The van der Waals surface area contributed by atoms with Crippen LogP contribution in [0.3, 0.4) is 0 Å². The van der Waals surface area contributed by atoms with E-state index >= 15 is 0 Å². The van der Waals surface area contributed by atoms with Gasteiger partial charge in [0.25, 0.3) is 11.8 Å². The number of nitrogens with zero attached hydrogens (tertiary/aromatic N) is 4. The SMILES string of the molecule is O=C1CN=C(C(=O)N2CCC[C@@H]2c2ccncc2)NN1c1ccccc1. The largest absolute Gasteiger partial charge is 0.329 e. The lowest BCUT2D eigenvalue weighted by Crippen LogP contribution is -2.56. The van der Waals surface area contributed by atoms with Gasteiger partial charge in [0.1, 0.15) is 6.54 Å². The molecule has 1 aromatic carbocycles. The number of anilines is 1. The summed E-state index contributed by atoms with van der Waals surface area (Å²) in [5.41, 5.74) is 4.65. The summed E-state index contributed by atoms with van der Waals surface area (Å²) in [6.07, 6.45) is 5.32. The highest BCUT2D eigenvalue weighted by Crippen LogP contribution is 2.31. The highest BCUT2D eigenvalue weighted by atomic mass is 16.2. The molecule has 3 heterocycles. The fourth-order valence-electron chi connectivity index (χ4n) is 3.40. The Morgan fingerprint density at radius 3 is 2.65 bits per heavy atom. The Kier molecular flexibility index (Phi) is 4.35. The van der Waals surface area contributed by atoms with Gasteiger partial charge in [-0.15, -0.1) is 0 Å².